The Morgan fingerprint density at radius 3 is 2.41 bits per heavy atom. The molecule has 0 amide bonds. The van der Waals surface area contributed by atoms with E-state index in [0.29, 0.717) is 11.5 Å². The quantitative estimate of drug-likeness (QED) is 0.841. The van der Waals surface area contributed by atoms with E-state index in [1.54, 1.807) is 19.1 Å². The van der Waals surface area contributed by atoms with E-state index >= 15 is 0 Å². The molecule has 0 saturated carbocycles. The second-order valence-corrected chi connectivity index (χ2v) is 3.67. The van der Waals surface area contributed by atoms with Crippen LogP contribution in [0.15, 0.2) is 30.3 Å². The SMILES string of the molecule is Cc1ccc(N)c(Nc2cc(F)cc(F)c2)n1. The molecule has 88 valence electrons. The lowest BCUT2D eigenvalue weighted by Gasteiger charge is -2.09. The first-order chi connectivity index (χ1) is 8.04. The molecule has 1 aromatic heterocycles. The van der Waals surface area contributed by atoms with Crippen LogP contribution in [-0.2, 0) is 0 Å². The van der Waals surface area contributed by atoms with Crippen molar-refractivity contribution < 1.29 is 8.78 Å². The molecular weight excluding hydrogens is 224 g/mol. The van der Waals surface area contributed by atoms with Crippen LogP contribution in [0.3, 0.4) is 0 Å². The Balaban J connectivity index is 2.34. The van der Waals surface area contributed by atoms with Crippen molar-refractivity contribution >= 4 is 17.2 Å². The number of aromatic nitrogens is 1. The highest BCUT2D eigenvalue weighted by Gasteiger charge is 2.04. The van der Waals surface area contributed by atoms with Crippen LogP contribution in [0.25, 0.3) is 0 Å². The van der Waals surface area contributed by atoms with E-state index in [1.165, 1.54) is 12.1 Å². The molecule has 0 radical (unpaired) electrons. The van der Waals surface area contributed by atoms with Crippen LogP contribution < -0.4 is 11.1 Å². The Morgan fingerprint density at radius 1 is 1.12 bits per heavy atom. The maximum atomic E-state index is 13.0. The van der Waals surface area contributed by atoms with Gasteiger partial charge in [-0.15, -0.1) is 0 Å². The molecular formula is C12H11F2N3. The molecule has 3 N–H and O–H groups in total. The van der Waals surface area contributed by atoms with Crippen molar-refractivity contribution in [2.75, 3.05) is 11.1 Å². The Kier molecular flexibility index (Phi) is 2.91. The van der Waals surface area contributed by atoms with Gasteiger partial charge in [-0.1, -0.05) is 0 Å². The van der Waals surface area contributed by atoms with E-state index in [-0.39, 0.29) is 5.69 Å². The van der Waals surface area contributed by atoms with E-state index < -0.39 is 11.6 Å². The zero-order valence-corrected chi connectivity index (χ0v) is 9.17. The average Bonchev–Trinajstić information content (AvgIpc) is 2.22. The molecule has 0 aliphatic heterocycles. The minimum atomic E-state index is -0.654. The minimum absolute atomic E-state index is 0.271. The summed E-state index contributed by atoms with van der Waals surface area (Å²) in [5, 5.41) is 2.78. The van der Waals surface area contributed by atoms with Crippen LogP contribution in [0.4, 0.5) is 26.0 Å². The van der Waals surface area contributed by atoms with Crippen LogP contribution in [0.5, 0.6) is 0 Å². The first kappa shape index (κ1) is 11.3. The van der Waals surface area contributed by atoms with Gasteiger partial charge in [-0.2, -0.15) is 0 Å². The number of aryl methyl sites for hydroxylation is 1. The van der Waals surface area contributed by atoms with E-state index in [1.807, 2.05) is 0 Å². The van der Waals surface area contributed by atoms with Gasteiger partial charge >= 0.3 is 0 Å². The predicted octanol–water partition coefficient (Wildman–Crippen LogP) is 2.99. The van der Waals surface area contributed by atoms with E-state index in [2.05, 4.69) is 10.3 Å². The van der Waals surface area contributed by atoms with Gasteiger partial charge in [0.2, 0.25) is 0 Å². The van der Waals surface area contributed by atoms with E-state index in [0.717, 1.165) is 11.8 Å². The zero-order chi connectivity index (χ0) is 12.4. The molecule has 0 saturated heterocycles. The molecule has 0 spiro atoms. The first-order valence-electron chi connectivity index (χ1n) is 5.01. The molecule has 1 heterocycles. The van der Waals surface area contributed by atoms with Gasteiger partial charge in [0.05, 0.1) is 5.69 Å². The minimum Gasteiger partial charge on any atom is -0.396 e. The van der Waals surface area contributed by atoms with Crippen LogP contribution in [0.2, 0.25) is 0 Å². The summed E-state index contributed by atoms with van der Waals surface area (Å²) in [6.45, 7) is 1.80. The van der Waals surface area contributed by atoms with Gasteiger partial charge in [0.25, 0.3) is 0 Å². The Hall–Kier alpha value is -2.17. The summed E-state index contributed by atoms with van der Waals surface area (Å²) >= 11 is 0. The number of hydrogen-bond donors (Lipinski definition) is 2. The number of benzene rings is 1. The number of rotatable bonds is 2. The number of pyridine rings is 1. The molecule has 5 heteroatoms. The van der Waals surface area contributed by atoms with Crippen molar-refractivity contribution in [1.82, 2.24) is 4.98 Å². The number of hydrogen-bond acceptors (Lipinski definition) is 3. The fraction of sp³-hybridized carbons (Fsp3) is 0.0833. The van der Waals surface area contributed by atoms with Crippen molar-refractivity contribution in [2.24, 2.45) is 0 Å². The molecule has 1 aromatic carbocycles. The van der Waals surface area contributed by atoms with Crippen molar-refractivity contribution in [1.29, 1.82) is 0 Å². The lowest BCUT2D eigenvalue weighted by Crippen LogP contribution is -2.00. The highest BCUT2D eigenvalue weighted by molar-refractivity contribution is 5.68. The van der Waals surface area contributed by atoms with E-state index in [9.17, 15) is 8.78 Å². The number of anilines is 3. The molecule has 0 fully saturated rings. The summed E-state index contributed by atoms with van der Waals surface area (Å²) < 4.78 is 26.0. The molecule has 2 rings (SSSR count). The third kappa shape index (κ3) is 2.69. The largest absolute Gasteiger partial charge is 0.396 e. The summed E-state index contributed by atoms with van der Waals surface area (Å²) in [7, 11) is 0. The summed E-state index contributed by atoms with van der Waals surface area (Å²) in [5.74, 6) is -0.924. The van der Waals surface area contributed by atoms with Crippen LogP contribution >= 0.6 is 0 Å². The average molecular weight is 235 g/mol. The lowest BCUT2D eigenvalue weighted by molar-refractivity contribution is 0.584. The van der Waals surface area contributed by atoms with Gasteiger partial charge in [-0.25, -0.2) is 13.8 Å². The lowest BCUT2D eigenvalue weighted by atomic mass is 10.3. The number of nitrogens with one attached hydrogen (secondary N) is 1. The molecule has 2 aromatic rings. The predicted molar refractivity (Wildman–Crippen MR) is 63.0 cm³/mol. The van der Waals surface area contributed by atoms with Crippen molar-refractivity contribution in [2.45, 2.75) is 6.92 Å². The number of nitrogens with two attached hydrogens (primary N) is 1. The van der Waals surface area contributed by atoms with Gasteiger partial charge < -0.3 is 11.1 Å². The Labute approximate surface area is 97.3 Å². The fourth-order valence-corrected chi connectivity index (χ4v) is 1.43. The highest BCUT2D eigenvalue weighted by Crippen LogP contribution is 2.22. The monoisotopic (exact) mass is 235 g/mol. The van der Waals surface area contributed by atoms with E-state index in [4.69, 9.17) is 5.73 Å². The highest BCUT2D eigenvalue weighted by atomic mass is 19.1. The van der Waals surface area contributed by atoms with Crippen molar-refractivity contribution in [3.05, 3.63) is 47.7 Å². The number of halogens is 2. The standard InChI is InChI=1S/C12H11F2N3/c1-7-2-3-11(15)12(16-7)17-10-5-8(13)4-9(14)6-10/h2-6H,15H2,1H3,(H,16,17). The maximum absolute atomic E-state index is 13.0. The van der Waals surface area contributed by atoms with Crippen LogP contribution in [-0.4, -0.2) is 4.98 Å². The fourth-order valence-electron chi connectivity index (χ4n) is 1.43. The Bertz CT molecular complexity index is 535. The second-order valence-electron chi connectivity index (χ2n) is 3.67. The maximum Gasteiger partial charge on any atom is 0.153 e. The smallest absolute Gasteiger partial charge is 0.153 e. The van der Waals surface area contributed by atoms with Crippen LogP contribution in [0, 0.1) is 18.6 Å². The van der Waals surface area contributed by atoms with Gasteiger partial charge in [0.1, 0.15) is 11.6 Å². The third-order valence-electron chi connectivity index (χ3n) is 2.19. The van der Waals surface area contributed by atoms with Crippen LogP contribution in [0.1, 0.15) is 5.69 Å². The molecule has 0 bridgehead atoms. The number of nitrogens with zero attached hydrogens (tertiary/aromatic N) is 1. The van der Waals surface area contributed by atoms with Gasteiger partial charge in [-0.3, -0.25) is 0 Å². The normalized spacial score (nSPS) is 10.3. The molecule has 17 heavy (non-hydrogen) atoms. The second kappa shape index (κ2) is 4.37. The molecule has 0 atom stereocenters. The molecule has 0 aliphatic rings. The topological polar surface area (TPSA) is 50.9 Å². The number of nitrogen functional groups attached to an aromatic ring is 1. The summed E-state index contributed by atoms with van der Waals surface area (Å²) in [6.07, 6.45) is 0. The molecule has 0 unspecified atom stereocenters. The van der Waals surface area contributed by atoms with Crippen molar-refractivity contribution in [3.8, 4) is 0 Å². The third-order valence-corrected chi connectivity index (χ3v) is 2.19. The van der Waals surface area contributed by atoms with Gasteiger partial charge in [0.15, 0.2) is 5.82 Å². The first-order valence-corrected chi connectivity index (χ1v) is 5.01. The summed E-state index contributed by atoms with van der Waals surface area (Å²) in [6, 6.07) is 6.59. The van der Waals surface area contributed by atoms with Gasteiger partial charge in [0, 0.05) is 17.4 Å². The molecule has 3 nitrogen and oxygen atoms in total. The van der Waals surface area contributed by atoms with Crippen molar-refractivity contribution in [3.63, 3.8) is 0 Å². The molecule has 0 aliphatic carbocycles. The zero-order valence-electron chi connectivity index (χ0n) is 9.17. The van der Waals surface area contributed by atoms with Gasteiger partial charge in [-0.05, 0) is 31.2 Å². The summed E-state index contributed by atoms with van der Waals surface area (Å²) in [5.41, 5.74) is 7.15. The summed E-state index contributed by atoms with van der Waals surface area (Å²) in [4.78, 5) is 4.15. The Morgan fingerprint density at radius 2 is 1.76 bits per heavy atom.